The number of rotatable bonds is 4. The van der Waals surface area contributed by atoms with Gasteiger partial charge in [-0.2, -0.15) is 0 Å². The number of carbonyl (C=O) groups excluding carboxylic acids is 2. The van der Waals surface area contributed by atoms with Gasteiger partial charge in [-0.15, -0.1) is 0 Å². The Hall–Kier alpha value is -2.97. The molecule has 0 aromatic heterocycles. The highest BCUT2D eigenvalue weighted by Crippen LogP contribution is 2.45. The van der Waals surface area contributed by atoms with Crippen molar-refractivity contribution in [1.82, 2.24) is 0 Å². The van der Waals surface area contributed by atoms with Crippen LogP contribution in [-0.4, -0.2) is 53.0 Å². The highest BCUT2D eigenvalue weighted by molar-refractivity contribution is 6.74. The summed E-state index contributed by atoms with van der Waals surface area (Å²) in [7, 11) is -3.87. The number of cyclic esters (lactones) is 2. The number of allylic oxidation sites excluding steroid dienone is 6. The van der Waals surface area contributed by atoms with E-state index in [0.29, 0.717) is 36.5 Å². The first-order valence-corrected chi connectivity index (χ1v) is 26.8. The first-order valence-electron chi connectivity index (χ1n) is 21.0. The van der Waals surface area contributed by atoms with Crippen LogP contribution in [0.4, 0.5) is 0 Å². The van der Waals surface area contributed by atoms with Crippen LogP contribution in [0.2, 0.25) is 36.3 Å². The molecule has 0 bridgehead atoms. The van der Waals surface area contributed by atoms with Gasteiger partial charge in [0.25, 0.3) is 0 Å². The van der Waals surface area contributed by atoms with Crippen LogP contribution in [0.5, 0.6) is 0 Å². The Morgan fingerprint density at radius 2 is 1.16 bits per heavy atom. The lowest BCUT2D eigenvalue weighted by atomic mass is 9.94. The molecule has 8 atom stereocenters. The van der Waals surface area contributed by atoms with Crippen molar-refractivity contribution >= 4 is 28.6 Å². The molecule has 4 aliphatic rings. The van der Waals surface area contributed by atoms with Gasteiger partial charge in [-0.05, 0) is 124 Å². The second-order valence-electron chi connectivity index (χ2n) is 19.9. The lowest BCUT2D eigenvalue weighted by molar-refractivity contribution is -0.141. The van der Waals surface area contributed by atoms with Gasteiger partial charge in [-0.1, -0.05) is 114 Å². The summed E-state index contributed by atoms with van der Waals surface area (Å²) in [5, 5.41) is 0.259. The lowest BCUT2D eigenvalue weighted by Crippen LogP contribution is -2.44. The van der Waals surface area contributed by atoms with Crippen molar-refractivity contribution in [3.8, 4) is 11.8 Å². The van der Waals surface area contributed by atoms with Crippen molar-refractivity contribution in [2.45, 2.75) is 168 Å². The molecule has 2 heterocycles. The van der Waals surface area contributed by atoms with E-state index in [-0.39, 0.29) is 40.5 Å². The molecule has 0 saturated heterocycles. The van der Waals surface area contributed by atoms with Crippen LogP contribution in [0, 0.1) is 49.4 Å². The Morgan fingerprint density at radius 1 is 0.679 bits per heavy atom. The monoisotopic (exact) mass is 800 g/mol. The van der Waals surface area contributed by atoms with Crippen LogP contribution in [0.15, 0.2) is 60.7 Å². The van der Waals surface area contributed by atoms with Crippen LogP contribution in [0.3, 0.4) is 0 Å². The topological polar surface area (TPSA) is 71.1 Å². The van der Waals surface area contributed by atoms with Gasteiger partial charge >= 0.3 is 11.9 Å². The van der Waals surface area contributed by atoms with E-state index in [1.807, 2.05) is 20.8 Å². The van der Waals surface area contributed by atoms with Gasteiger partial charge < -0.3 is 18.3 Å². The summed E-state index contributed by atoms with van der Waals surface area (Å²) in [6, 6.07) is 4.20. The first-order chi connectivity index (χ1) is 26.0. The fourth-order valence-electron chi connectivity index (χ4n) is 7.11. The Kier molecular flexibility index (Phi) is 15.3. The van der Waals surface area contributed by atoms with Crippen LogP contribution < -0.4 is 0 Å². The van der Waals surface area contributed by atoms with Crippen LogP contribution in [-0.2, 0) is 29.5 Å². The largest absolute Gasteiger partial charge is 0.459 e. The maximum Gasteiger partial charge on any atom is 0.384 e. The number of hydrogen-bond donors (Lipinski definition) is 0. The molecule has 2 aliphatic carbocycles. The fraction of sp³-hybridized carbons (Fsp3) is 0.625. The van der Waals surface area contributed by atoms with Crippen molar-refractivity contribution in [1.29, 1.82) is 0 Å². The molecule has 56 heavy (non-hydrogen) atoms. The summed E-state index contributed by atoms with van der Waals surface area (Å²) in [6.07, 6.45) is 22.4. The molecule has 2 aliphatic heterocycles. The zero-order valence-electron chi connectivity index (χ0n) is 37.1. The summed E-state index contributed by atoms with van der Waals surface area (Å²) in [5.41, 5.74) is 3.88. The Labute approximate surface area is 342 Å². The van der Waals surface area contributed by atoms with Crippen molar-refractivity contribution < 1.29 is 27.9 Å². The molecular formula is C48H72O6Si2. The molecule has 308 valence electrons. The Balaban J connectivity index is 0.000000255. The van der Waals surface area contributed by atoms with E-state index in [0.717, 1.165) is 35.1 Å². The molecule has 2 fully saturated rings. The average molecular weight is 801 g/mol. The molecule has 2 saturated carbocycles. The lowest BCUT2D eigenvalue weighted by Gasteiger charge is -2.39. The van der Waals surface area contributed by atoms with Gasteiger partial charge in [0, 0.05) is 18.8 Å². The van der Waals surface area contributed by atoms with Gasteiger partial charge in [-0.3, -0.25) is 0 Å². The summed E-state index contributed by atoms with van der Waals surface area (Å²) in [5.74, 6) is 7.42. The highest BCUT2D eigenvalue weighted by atomic mass is 28.4. The summed E-state index contributed by atoms with van der Waals surface area (Å²) in [4.78, 5) is 25.1. The molecule has 1 aromatic rings. The summed E-state index contributed by atoms with van der Waals surface area (Å²) >= 11 is 0. The third kappa shape index (κ3) is 13.6. The van der Waals surface area contributed by atoms with E-state index < -0.39 is 22.6 Å². The molecule has 2 unspecified atom stereocenters. The first kappa shape index (κ1) is 45.7. The molecular weight excluding hydrogens is 729 g/mol. The molecule has 8 heteroatoms. The predicted octanol–water partition coefficient (Wildman–Crippen LogP) is 11.8. The minimum absolute atomic E-state index is 0.0667. The predicted molar refractivity (Wildman–Crippen MR) is 236 cm³/mol. The smallest absolute Gasteiger partial charge is 0.384 e. The third-order valence-corrected chi connectivity index (χ3v) is 21.6. The van der Waals surface area contributed by atoms with Crippen molar-refractivity contribution in [3.63, 3.8) is 0 Å². The minimum atomic E-state index is -1.97. The van der Waals surface area contributed by atoms with Gasteiger partial charge in [-0.25, -0.2) is 9.59 Å². The molecule has 0 spiro atoms. The number of aryl methyl sites for hydroxylation is 2. The normalized spacial score (nSPS) is 31.0. The molecule has 6 nitrogen and oxygen atoms in total. The van der Waals surface area contributed by atoms with E-state index in [4.69, 9.17) is 18.3 Å². The third-order valence-electron chi connectivity index (χ3n) is 12.6. The fourth-order valence-corrected chi connectivity index (χ4v) is 9.65. The van der Waals surface area contributed by atoms with Crippen molar-refractivity contribution in [3.05, 3.63) is 83.0 Å². The number of benzene rings is 1. The molecule has 0 amide bonds. The molecule has 0 N–H and O–H groups in total. The van der Waals surface area contributed by atoms with Crippen LogP contribution in [0.1, 0.15) is 115 Å². The standard InChI is InChI=1S/C27H40O3Si.C21H32O3Si/c1-18-13-19(2)25-23(14-18)17-24(30-31(7,8)27(4,5)6)12-10-9-11-21-16-22(21)15-20(3)29-26(25)28;1-16-14-18-15-17(18)10-7-8-11-19(12-9-13-20(22)23-16)24-25(5,6)21(2,3)4/h9-14,20-22,24H,15-17H2,1-8H3;7-8,10-11,16-19H,12,14-15H2,1-6H3/b11-9-,12-10+;10-7-,11-8+/t20-,21+,22+,24?;16-,17+,18+,19?/m11/s1. The summed E-state index contributed by atoms with van der Waals surface area (Å²) in [6.45, 7) is 30.6. The van der Waals surface area contributed by atoms with Crippen molar-refractivity contribution in [2.75, 3.05) is 0 Å². The average Bonchev–Trinajstić information content (AvgIpc) is 3.96. The summed E-state index contributed by atoms with van der Waals surface area (Å²) < 4.78 is 24.6. The van der Waals surface area contributed by atoms with E-state index in [1.54, 1.807) is 0 Å². The number of ether oxygens (including phenoxy) is 2. The number of carbonyl (C=O) groups is 2. The molecule has 0 radical (unpaired) electrons. The van der Waals surface area contributed by atoms with E-state index in [1.165, 1.54) is 12.8 Å². The number of fused-ring (bicyclic) bond motifs is 3. The maximum absolute atomic E-state index is 13.2. The van der Waals surface area contributed by atoms with Gasteiger partial charge in [0.2, 0.25) is 0 Å². The van der Waals surface area contributed by atoms with Gasteiger partial charge in [0.05, 0.1) is 23.9 Å². The second kappa shape index (κ2) is 18.7. The SMILES string of the molecule is C[C@@H]1C[C@H]2C[C@@H]2/C=C\C=C\C(O[Si](C)(C)C(C)(C)C)CC#CC(=O)O1.Cc1cc(C)c2c(c1)CC(O[Si](C)(C)C(C)(C)C)/C=C/C=C\[C@H]1C[C@@H]1C[C@@H](C)OC2=O. The number of esters is 2. The number of hydrogen-bond acceptors (Lipinski definition) is 6. The minimum Gasteiger partial charge on any atom is -0.459 e. The van der Waals surface area contributed by atoms with Crippen LogP contribution in [0.25, 0.3) is 0 Å². The van der Waals surface area contributed by atoms with Gasteiger partial charge in [0.1, 0.15) is 6.10 Å². The van der Waals surface area contributed by atoms with Crippen molar-refractivity contribution in [2.24, 2.45) is 23.7 Å². The molecule has 5 rings (SSSR count). The zero-order chi connectivity index (χ0) is 41.6. The Morgan fingerprint density at radius 3 is 1.70 bits per heavy atom. The Bertz CT molecular complexity index is 1730. The van der Waals surface area contributed by atoms with E-state index in [9.17, 15) is 9.59 Å². The molecule has 1 aromatic carbocycles. The van der Waals surface area contributed by atoms with E-state index >= 15 is 0 Å². The van der Waals surface area contributed by atoms with Crippen LogP contribution >= 0.6 is 0 Å². The van der Waals surface area contributed by atoms with E-state index in [2.05, 4.69) is 147 Å². The maximum atomic E-state index is 13.2. The quantitative estimate of drug-likeness (QED) is 0.131. The second-order valence-corrected chi connectivity index (χ2v) is 29.4. The highest BCUT2D eigenvalue weighted by Gasteiger charge is 2.41. The van der Waals surface area contributed by atoms with Gasteiger partial charge in [0.15, 0.2) is 16.6 Å². The zero-order valence-corrected chi connectivity index (χ0v) is 39.1.